The Bertz CT molecular complexity index is 608. The van der Waals surface area contributed by atoms with Crippen LogP contribution in [0.15, 0.2) is 24.3 Å². The van der Waals surface area contributed by atoms with E-state index in [1.807, 2.05) is 0 Å². The van der Waals surface area contributed by atoms with Gasteiger partial charge in [0.1, 0.15) is 0 Å². The van der Waals surface area contributed by atoms with Crippen molar-refractivity contribution in [3.8, 4) is 0 Å². The van der Waals surface area contributed by atoms with E-state index in [0.29, 0.717) is 19.3 Å². The zero-order valence-electron chi connectivity index (χ0n) is 18.3. The van der Waals surface area contributed by atoms with Crippen molar-refractivity contribution in [2.75, 3.05) is 7.11 Å². The van der Waals surface area contributed by atoms with Crippen molar-refractivity contribution in [3.63, 3.8) is 0 Å². The standard InChI is InChI=1S/C25H39ClO4/c1-30-24(29)11-5-3-2-4-8-19-20(22(27)16-21(19)26)9-6-10-23(28)25(14-7-15-25)17-18-12-13-18/h2,4,6,9,18-23,27-28H,3,5,7-8,10-17H2,1H3/t19-,20-,21-,22-,23?/m1/s1. The molecule has 0 aromatic carbocycles. The normalized spacial score (nSPS) is 31.9. The lowest BCUT2D eigenvalue weighted by atomic mass is 9.61. The van der Waals surface area contributed by atoms with Crippen LogP contribution in [0, 0.1) is 23.2 Å². The molecule has 2 N–H and O–H groups in total. The van der Waals surface area contributed by atoms with E-state index in [1.54, 1.807) is 0 Å². The van der Waals surface area contributed by atoms with Gasteiger partial charge in [0, 0.05) is 17.7 Å². The molecule has 0 heterocycles. The van der Waals surface area contributed by atoms with Gasteiger partial charge in [-0.15, -0.1) is 11.6 Å². The fourth-order valence-corrected chi connectivity index (χ4v) is 5.77. The van der Waals surface area contributed by atoms with Gasteiger partial charge in [0.05, 0.1) is 19.3 Å². The second-order valence-electron chi connectivity index (χ2n) is 9.78. The molecule has 0 aromatic rings. The molecule has 30 heavy (non-hydrogen) atoms. The van der Waals surface area contributed by atoms with Crippen molar-refractivity contribution >= 4 is 17.6 Å². The van der Waals surface area contributed by atoms with Gasteiger partial charge in [-0.1, -0.05) is 43.6 Å². The highest BCUT2D eigenvalue weighted by Gasteiger charge is 2.46. The number of methoxy groups -OCH3 is 1. The Balaban J connectivity index is 1.46. The second-order valence-corrected chi connectivity index (χ2v) is 10.3. The summed E-state index contributed by atoms with van der Waals surface area (Å²) in [6.45, 7) is 0. The maximum Gasteiger partial charge on any atom is 0.305 e. The van der Waals surface area contributed by atoms with E-state index in [4.69, 9.17) is 11.6 Å². The number of allylic oxidation sites excluding steroid dienone is 2. The third-order valence-electron chi connectivity index (χ3n) is 7.59. The molecule has 0 radical (unpaired) electrons. The molecule has 0 aliphatic heterocycles. The number of carbonyl (C=O) groups is 1. The van der Waals surface area contributed by atoms with Crippen LogP contribution in [-0.2, 0) is 9.53 Å². The number of rotatable bonds is 12. The SMILES string of the molecule is COC(=O)CCCC=CC[C@@H]1[C@@H](C=CCC(O)C2(CC3CC3)CCC2)[C@H](O)C[C@H]1Cl. The summed E-state index contributed by atoms with van der Waals surface area (Å²) in [6.07, 6.45) is 19.4. The predicted octanol–water partition coefficient (Wildman–Crippen LogP) is 5.16. The van der Waals surface area contributed by atoms with Crippen LogP contribution in [0.1, 0.15) is 77.0 Å². The Morgan fingerprint density at radius 2 is 2.03 bits per heavy atom. The lowest BCUT2D eigenvalue weighted by Gasteiger charge is -2.46. The lowest BCUT2D eigenvalue weighted by Crippen LogP contribution is -2.41. The molecular formula is C25H39ClO4. The van der Waals surface area contributed by atoms with Crippen LogP contribution < -0.4 is 0 Å². The number of alkyl halides is 1. The minimum atomic E-state index is -0.414. The van der Waals surface area contributed by atoms with Crippen LogP contribution in [-0.4, -0.2) is 40.9 Å². The van der Waals surface area contributed by atoms with E-state index in [-0.39, 0.29) is 34.7 Å². The first-order valence-electron chi connectivity index (χ1n) is 11.8. The van der Waals surface area contributed by atoms with Gasteiger partial charge in [-0.25, -0.2) is 0 Å². The fraction of sp³-hybridized carbons (Fsp3) is 0.800. The number of hydrogen-bond donors (Lipinski definition) is 2. The quantitative estimate of drug-likeness (QED) is 0.191. The highest BCUT2D eigenvalue weighted by Crippen LogP contribution is 2.53. The summed E-state index contributed by atoms with van der Waals surface area (Å²) >= 11 is 6.54. The molecule has 1 unspecified atom stereocenters. The number of hydrogen-bond acceptors (Lipinski definition) is 4. The van der Waals surface area contributed by atoms with Crippen molar-refractivity contribution in [3.05, 3.63) is 24.3 Å². The van der Waals surface area contributed by atoms with Gasteiger partial charge < -0.3 is 14.9 Å². The van der Waals surface area contributed by atoms with Gasteiger partial charge in [0.15, 0.2) is 0 Å². The summed E-state index contributed by atoms with van der Waals surface area (Å²) in [7, 11) is 1.41. The Hall–Kier alpha value is -0.840. The Morgan fingerprint density at radius 1 is 1.27 bits per heavy atom. The lowest BCUT2D eigenvalue weighted by molar-refractivity contribution is -0.140. The molecule has 3 aliphatic carbocycles. The van der Waals surface area contributed by atoms with Crippen molar-refractivity contribution in [1.82, 2.24) is 0 Å². The number of unbranched alkanes of at least 4 members (excludes halogenated alkanes) is 1. The molecule has 3 saturated carbocycles. The molecule has 3 rings (SSSR count). The number of halogens is 1. The summed E-state index contributed by atoms with van der Waals surface area (Å²) in [5.74, 6) is 0.925. The van der Waals surface area contributed by atoms with Crippen LogP contribution in [0.25, 0.3) is 0 Å². The third-order valence-corrected chi connectivity index (χ3v) is 8.09. The number of esters is 1. The van der Waals surface area contributed by atoms with Gasteiger partial charge in [-0.3, -0.25) is 4.79 Å². The van der Waals surface area contributed by atoms with E-state index >= 15 is 0 Å². The van der Waals surface area contributed by atoms with Gasteiger partial charge in [0.2, 0.25) is 0 Å². The maximum atomic E-state index is 11.1. The van der Waals surface area contributed by atoms with Crippen LogP contribution in [0.4, 0.5) is 0 Å². The molecule has 0 bridgehead atoms. The van der Waals surface area contributed by atoms with Gasteiger partial charge >= 0.3 is 5.97 Å². The van der Waals surface area contributed by atoms with Crippen molar-refractivity contribution in [1.29, 1.82) is 0 Å². The molecule has 0 spiro atoms. The van der Waals surface area contributed by atoms with Crippen molar-refractivity contribution in [2.45, 2.75) is 94.6 Å². The van der Waals surface area contributed by atoms with Crippen LogP contribution in [0.5, 0.6) is 0 Å². The van der Waals surface area contributed by atoms with Crippen molar-refractivity contribution in [2.24, 2.45) is 23.2 Å². The van der Waals surface area contributed by atoms with Crippen molar-refractivity contribution < 1.29 is 19.7 Å². The van der Waals surface area contributed by atoms with Gasteiger partial charge in [-0.05, 0) is 68.6 Å². The molecule has 5 heteroatoms. The number of ether oxygens (including phenoxy) is 1. The van der Waals surface area contributed by atoms with E-state index < -0.39 is 6.10 Å². The fourth-order valence-electron chi connectivity index (χ4n) is 5.32. The molecule has 4 nitrogen and oxygen atoms in total. The smallest absolute Gasteiger partial charge is 0.305 e. The van der Waals surface area contributed by atoms with Crippen LogP contribution >= 0.6 is 11.6 Å². The average molecular weight is 439 g/mol. The van der Waals surface area contributed by atoms with E-state index in [9.17, 15) is 15.0 Å². The van der Waals surface area contributed by atoms with E-state index in [2.05, 4.69) is 29.0 Å². The van der Waals surface area contributed by atoms with Crippen LogP contribution in [0.2, 0.25) is 0 Å². The van der Waals surface area contributed by atoms with Gasteiger partial charge in [-0.2, -0.15) is 0 Å². The monoisotopic (exact) mass is 438 g/mol. The topological polar surface area (TPSA) is 66.8 Å². The minimum Gasteiger partial charge on any atom is -0.469 e. The molecule has 3 fully saturated rings. The molecule has 0 amide bonds. The summed E-state index contributed by atoms with van der Waals surface area (Å²) in [6, 6.07) is 0. The molecular weight excluding hydrogens is 400 g/mol. The molecule has 5 atom stereocenters. The van der Waals surface area contributed by atoms with E-state index in [0.717, 1.165) is 38.0 Å². The zero-order chi connectivity index (χ0) is 21.6. The minimum absolute atomic E-state index is 0.0351. The molecule has 0 saturated heterocycles. The number of carbonyl (C=O) groups excluding carboxylic acids is 1. The zero-order valence-corrected chi connectivity index (χ0v) is 19.1. The molecule has 3 aliphatic rings. The summed E-state index contributed by atoms with van der Waals surface area (Å²) in [5, 5.41) is 21.3. The van der Waals surface area contributed by atoms with Crippen LogP contribution in [0.3, 0.4) is 0 Å². The first kappa shape index (κ1) is 23.8. The summed E-state index contributed by atoms with van der Waals surface area (Å²) in [4.78, 5) is 11.1. The van der Waals surface area contributed by atoms with Gasteiger partial charge in [0.25, 0.3) is 0 Å². The number of aliphatic hydroxyl groups is 2. The maximum absolute atomic E-state index is 11.1. The highest BCUT2D eigenvalue weighted by molar-refractivity contribution is 6.21. The summed E-state index contributed by atoms with van der Waals surface area (Å²) in [5.41, 5.74) is 0.154. The Kier molecular flexibility index (Phi) is 8.85. The largest absolute Gasteiger partial charge is 0.469 e. The van der Waals surface area contributed by atoms with E-state index in [1.165, 1.54) is 32.8 Å². The summed E-state index contributed by atoms with van der Waals surface area (Å²) < 4.78 is 4.65. The molecule has 170 valence electrons. The first-order valence-corrected chi connectivity index (χ1v) is 12.3. The predicted molar refractivity (Wildman–Crippen MR) is 120 cm³/mol. The first-order chi connectivity index (χ1) is 14.4. The second kappa shape index (κ2) is 11.2. The molecule has 0 aromatic heterocycles. The third kappa shape index (κ3) is 6.34. The highest BCUT2D eigenvalue weighted by atomic mass is 35.5. The average Bonchev–Trinajstić information content (AvgIpc) is 3.47. The Morgan fingerprint density at radius 3 is 2.67 bits per heavy atom. The Labute approximate surface area is 186 Å². The number of aliphatic hydroxyl groups excluding tert-OH is 2.